The van der Waals surface area contributed by atoms with Crippen molar-refractivity contribution in [1.29, 1.82) is 0 Å². The lowest BCUT2D eigenvalue weighted by Crippen LogP contribution is -2.35. The molecule has 0 spiro atoms. The Balaban J connectivity index is 1.86. The number of carbonyl (C=O) groups excluding carboxylic acids is 1. The summed E-state index contributed by atoms with van der Waals surface area (Å²) < 4.78 is 32.2. The molecule has 0 unspecified atom stereocenters. The Kier molecular flexibility index (Phi) is 5.94. The molecule has 1 aliphatic rings. The quantitative estimate of drug-likeness (QED) is 0.772. The van der Waals surface area contributed by atoms with Crippen LogP contribution in [0, 0.1) is 6.92 Å². The maximum Gasteiger partial charge on any atom is 0.258 e. The number of benzene rings is 2. The van der Waals surface area contributed by atoms with E-state index in [1.165, 1.54) is 7.11 Å². The van der Waals surface area contributed by atoms with Crippen molar-refractivity contribution in [3.05, 3.63) is 59.2 Å². The number of amides is 1. The van der Waals surface area contributed by atoms with E-state index in [1.807, 2.05) is 31.2 Å². The zero-order valence-corrected chi connectivity index (χ0v) is 16.4. The summed E-state index contributed by atoms with van der Waals surface area (Å²) in [5.41, 5.74) is 3.38. The van der Waals surface area contributed by atoms with E-state index in [-0.39, 0.29) is 17.3 Å². The summed E-state index contributed by atoms with van der Waals surface area (Å²) in [5.74, 6) is -0.0650. The van der Waals surface area contributed by atoms with E-state index in [4.69, 9.17) is 4.74 Å². The Hall–Kier alpha value is -2.22. The highest BCUT2D eigenvalue weighted by atomic mass is 32.2. The van der Waals surface area contributed by atoms with Crippen LogP contribution in [0.5, 0.6) is 0 Å². The van der Waals surface area contributed by atoms with Crippen molar-refractivity contribution in [1.82, 2.24) is 4.72 Å². The molecule has 0 radical (unpaired) electrons. The van der Waals surface area contributed by atoms with Crippen LogP contribution in [0.25, 0.3) is 0 Å². The number of ether oxygens (including phenoxy) is 1. The van der Waals surface area contributed by atoms with Gasteiger partial charge < -0.3 is 9.64 Å². The smallest absolute Gasteiger partial charge is 0.258 e. The summed E-state index contributed by atoms with van der Waals surface area (Å²) in [5, 5.41) is 0. The summed E-state index contributed by atoms with van der Waals surface area (Å²) in [4.78, 5) is 14.9. The van der Waals surface area contributed by atoms with Gasteiger partial charge >= 0.3 is 0 Å². The van der Waals surface area contributed by atoms with Gasteiger partial charge in [-0.25, -0.2) is 13.1 Å². The molecule has 0 aliphatic carbocycles. The van der Waals surface area contributed by atoms with E-state index < -0.39 is 10.0 Å². The SMILES string of the molecule is COCCNS(=O)(=O)c1ccc2c(c1)CCCN2C(=O)c1ccc(C)cc1. The third-order valence-electron chi connectivity index (χ3n) is 4.62. The lowest BCUT2D eigenvalue weighted by atomic mass is 10.0. The number of anilines is 1. The molecule has 6 nitrogen and oxygen atoms in total. The molecule has 0 aromatic heterocycles. The van der Waals surface area contributed by atoms with Gasteiger partial charge in [-0.15, -0.1) is 0 Å². The van der Waals surface area contributed by atoms with Crippen molar-refractivity contribution in [3.63, 3.8) is 0 Å². The highest BCUT2D eigenvalue weighted by Gasteiger charge is 2.25. The highest BCUT2D eigenvalue weighted by molar-refractivity contribution is 7.89. The van der Waals surface area contributed by atoms with Crippen LogP contribution in [0.1, 0.15) is 27.9 Å². The number of nitrogens with one attached hydrogen (secondary N) is 1. The Bertz CT molecular complexity index is 923. The van der Waals surface area contributed by atoms with E-state index >= 15 is 0 Å². The molecule has 1 heterocycles. The first kappa shape index (κ1) is 19.5. The molecule has 0 saturated heterocycles. The fourth-order valence-corrected chi connectivity index (χ4v) is 4.23. The minimum absolute atomic E-state index is 0.0650. The van der Waals surface area contributed by atoms with Crippen LogP contribution in [0.3, 0.4) is 0 Å². The van der Waals surface area contributed by atoms with Crippen LogP contribution >= 0.6 is 0 Å². The molecule has 7 heteroatoms. The molecule has 2 aromatic rings. The molecule has 3 rings (SSSR count). The normalized spacial score (nSPS) is 14.1. The van der Waals surface area contributed by atoms with Gasteiger partial charge in [0.15, 0.2) is 0 Å². The number of fused-ring (bicyclic) bond motifs is 1. The van der Waals surface area contributed by atoms with Gasteiger partial charge in [-0.05, 0) is 55.7 Å². The fraction of sp³-hybridized carbons (Fsp3) is 0.350. The Morgan fingerprint density at radius 2 is 1.93 bits per heavy atom. The van der Waals surface area contributed by atoms with Crippen LogP contribution in [-0.2, 0) is 21.2 Å². The number of nitrogens with zero attached hydrogens (tertiary/aromatic N) is 1. The standard InChI is InChI=1S/C20H24N2O4S/c1-15-5-7-16(8-6-15)20(23)22-12-3-4-17-14-18(9-10-19(17)22)27(24,25)21-11-13-26-2/h5-10,14,21H,3-4,11-13H2,1-2H3. The summed E-state index contributed by atoms with van der Waals surface area (Å²) in [6, 6.07) is 12.4. The predicted molar refractivity (Wildman–Crippen MR) is 105 cm³/mol. The molecule has 1 aliphatic heterocycles. The lowest BCUT2D eigenvalue weighted by molar-refractivity contribution is 0.0985. The molecule has 0 bridgehead atoms. The van der Waals surface area contributed by atoms with Gasteiger partial charge in [0.2, 0.25) is 10.0 Å². The Morgan fingerprint density at radius 1 is 1.19 bits per heavy atom. The average molecular weight is 388 g/mol. The third-order valence-corrected chi connectivity index (χ3v) is 6.08. The van der Waals surface area contributed by atoms with Gasteiger partial charge in [0.05, 0.1) is 11.5 Å². The Morgan fingerprint density at radius 3 is 2.63 bits per heavy atom. The summed E-state index contributed by atoms with van der Waals surface area (Å²) >= 11 is 0. The van der Waals surface area contributed by atoms with Crippen molar-refractivity contribution in [3.8, 4) is 0 Å². The first-order chi connectivity index (χ1) is 12.9. The number of hydrogen-bond acceptors (Lipinski definition) is 4. The number of aryl methyl sites for hydroxylation is 2. The van der Waals surface area contributed by atoms with Crippen molar-refractivity contribution in [2.24, 2.45) is 0 Å². The van der Waals surface area contributed by atoms with Gasteiger partial charge in [-0.2, -0.15) is 0 Å². The zero-order valence-electron chi connectivity index (χ0n) is 15.6. The molecule has 0 atom stereocenters. The van der Waals surface area contributed by atoms with Crippen molar-refractivity contribution in [2.75, 3.05) is 31.7 Å². The maximum absolute atomic E-state index is 12.9. The van der Waals surface area contributed by atoms with Crippen LogP contribution in [0.4, 0.5) is 5.69 Å². The van der Waals surface area contributed by atoms with Crippen molar-refractivity contribution >= 4 is 21.6 Å². The van der Waals surface area contributed by atoms with Gasteiger partial charge in [-0.3, -0.25) is 4.79 Å². The molecule has 144 valence electrons. The van der Waals surface area contributed by atoms with Gasteiger partial charge in [0.25, 0.3) is 5.91 Å². The number of rotatable bonds is 6. The van der Waals surface area contributed by atoms with E-state index in [2.05, 4.69) is 4.72 Å². The molecule has 1 N–H and O–H groups in total. The summed E-state index contributed by atoms with van der Waals surface area (Å²) in [6.45, 7) is 3.13. The van der Waals surface area contributed by atoms with Gasteiger partial charge in [-0.1, -0.05) is 17.7 Å². The van der Waals surface area contributed by atoms with Crippen LogP contribution in [0.2, 0.25) is 0 Å². The molecule has 0 saturated carbocycles. The minimum atomic E-state index is -3.59. The van der Waals surface area contributed by atoms with E-state index in [1.54, 1.807) is 23.1 Å². The second kappa shape index (κ2) is 8.21. The predicted octanol–water partition coefficient (Wildman–Crippen LogP) is 2.51. The summed E-state index contributed by atoms with van der Waals surface area (Å²) in [7, 11) is -2.07. The monoisotopic (exact) mass is 388 g/mol. The molecule has 0 fully saturated rings. The molecule has 27 heavy (non-hydrogen) atoms. The Labute approximate surface area is 160 Å². The van der Waals surface area contributed by atoms with Crippen molar-refractivity contribution < 1.29 is 17.9 Å². The fourth-order valence-electron chi connectivity index (χ4n) is 3.17. The first-order valence-corrected chi connectivity index (χ1v) is 10.4. The largest absolute Gasteiger partial charge is 0.383 e. The first-order valence-electron chi connectivity index (χ1n) is 8.92. The van der Waals surface area contributed by atoms with Gasteiger partial charge in [0.1, 0.15) is 0 Å². The van der Waals surface area contributed by atoms with Crippen LogP contribution in [-0.4, -0.2) is 41.1 Å². The number of sulfonamides is 1. The van der Waals surface area contributed by atoms with Crippen LogP contribution in [0.15, 0.2) is 47.4 Å². The highest BCUT2D eigenvalue weighted by Crippen LogP contribution is 2.30. The average Bonchev–Trinajstić information content (AvgIpc) is 2.67. The van der Waals surface area contributed by atoms with Crippen LogP contribution < -0.4 is 9.62 Å². The van der Waals surface area contributed by atoms with E-state index in [9.17, 15) is 13.2 Å². The van der Waals surface area contributed by atoms with Gasteiger partial charge in [0, 0.05) is 31.5 Å². The molecule has 1 amide bonds. The third kappa shape index (κ3) is 4.37. The number of carbonyl (C=O) groups is 1. The number of methoxy groups -OCH3 is 1. The van der Waals surface area contributed by atoms with E-state index in [0.717, 1.165) is 29.7 Å². The lowest BCUT2D eigenvalue weighted by Gasteiger charge is -2.30. The molecule has 2 aromatic carbocycles. The molecular weight excluding hydrogens is 364 g/mol. The topological polar surface area (TPSA) is 75.7 Å². The maximum atomic E-state index is 12.9. The zero-order chi connectivity index (χ0) is 19.4. The van der Waals surface area contributed by atoms with Crippen molar-refractivity contribution in [2.45, 2.75) is 24.7 Å². The second-order valence-corrected chi connectivity index (χ2v) is 8.37. The second-order valence-electron chi connectivity index (χ2n) is 6.61. The van der Waals surface area contributed by atoms with E-state index in [0.29, 0.717) is 18.7 Å². The summed E-state index contributed by atoms with van der Waals surface area (Å²) in [6.07, 6.45) is 1.54. The minimum Gasteiger partial charge on any atom is -0.383 e. The molecular formula is C20H24N2O4S. The number of hydrogen-bond donors (Lipinski definition) is 1.